The Morgan fingerprint density at radius 2 is 0.643 bits per heavy atom. The van der Waals surface area contributed by atoms with Gasteiger partial charge in [0.1, 0.15) is 0 Å². The molecule has 0 rings (SSSR count). The van der Waals surface area contributed by atoms with Gasteiger partial charge in [0.2, 0.25) is 0 Å². The third-order valence-corrected chi connectivity index (χ3v) is 2.01. The first-order chi connectivity index (χ1) is 5.37. The molecule has 0 saturated carbocycles. The van der Waals surface area contributed by atoms with Crippen molar-refractivity contribution in [1.82, 2.24) is 4.90 Å². The zero-order valence-corrected chi connectivity index (χ0v) is 10.9. The average Bonchev–Trinajstić information content (AvgIpc) is 1.44. The molecule has 0 atom stereocenters. The lowest BCUT2D eigenvalue weighted by molar-refractivity contribution is -0.0402. The minimum Gasteiger partial charge on any atom is -0.289 e. The second-order valence-corrected chi connectivity index (χ2v) is 6.85. The van der Waals surface area contributed by atoms with Gasteiger partial charge < -0.3 is 0 Å². The second-order valence-electron chi connectivity index (χ2n) is 6.85. The lowest BCUT2D eigenvalue weighted by Crippen LogP contribution is -2.60. The largest absolute Gasteiger partial charge is 0.289 e. The van der Waals surface area contributed by atoms with Gasteiger partial charge >= 0.3 is 0 Å². The minimum absolute atomic E-state index is 0. The highest BCUT2D eigenvalue weighted by Gasteiger charge is 2.38. The predicted octanol–water partition coefficient (Wildman–Crippen LogP) is 2.50. The molecular formula is C12H30BN. The maximum absolute atomic E-state index is 2.56. The highest BCUT2D eigenvalue weighted by atomic mass is 15.3. The Morgan fingerprint density at radius 3 is 0.643 bits per heavy atom. The van der Waals surface area contributed by atoms with Crippen molar-refractivity contribution in [2.45, 2.75) is 78.9 Å². The molecule has 0 saturated heterocycles. The minimum atomic E-state index is 0. The summed E-state index contributed by atoms with van der Waals surface area (Å²) in [4.78, 5) is 2.56. The molecule has 0 N–H and O–H groups in total. The summed E-state index contributed by atoms with van der Waals surface area (Å²) in [7, 11) is 0. The monoisotopic (exact) mass is 199 g/mol. The first-order valence-corrected chi connectivity index (χ1v) is 5.17. The Morgan fingerprint density at radius 1 is 0.500 bits per heavy atom. The maximum atomic E-state index is 2.56. The van der Waals surface area contributed by atoms with Gasteiger partial charge in [-0.2, -0.15) is 0 Å². The van der Waals surface area contributed by atoms with E-state index in [-0.39, 0.29) is 25.0 Å². The van der Waals surface area contributed by atoms with E-state index in [2.05, 4.69) is 67.2 Å². The molecule has 86 valence electrons. The van der Waals surface area contributed by atoms with Gasteiger partial charge in [0, 0.05) is 16.6 Å². The van der Waals surface area contributed by atoms with Gasteiger partial charge in [-0.05, 0) is 62.3 Å². The van der Waals surface area contributed by atoms with Gasteiger partial charge in [-0.25, -0.2) is 0 Å². The summed E-state index contributed by atoms with van der Waals surface area (Å²) >= 11 is 0. The van der Waals surface area contributed by atoms with E-state index in [1.807, 2.05) is 0 Å². The van der Waals surface area contributed by atoms with Crippen LogP contribution in [0.5, 0.6) is 0 Å². The van der Waals surface area contributed by atoms with Crippen molar-refractivity contribution in [2.24, 2.45) is 0 Å². The fraction of sp³-hybridized carbons (Fsp3) is 1.00. The molecule has 0 amide bonds. The van der Waals surface area contributed by atoms with E-state index in [4.69, 9.17) is 0 Å². The van der Waals surface area contributed by atoms with E-state index in [0.29, 0.717) is 0 Å². The lowest BCUT2D eigenvalue weighted by atomic mass is 9.88. The van der Waals surface area contributed by atoms with Crippen LogP contribution in [0.2, 0.25) is 0 Å². The van der Waals surface area contributed by atoms with Gasteiger partial charge in [-0.15, -0.1) is 0 Å². The van der Waals surface area contributed by atoms with E-state index >= 15 is 0 Å². The Bertz CT molecular complexity index is 133. The van der Waals surface area contributed by atoms with Crippen LogP contribution in [0.25, 0.3) is 0 Å². The SMILES string of the molecule is B.CC(C)(C)N(C(C)(C)C)C(C)(C)C. The lowest BCUT2D eigenvalue weighted by Gasteiger charge is -2.53. The fourth-order valence-electron chi connectivity index (χ4n) is 3.02. The Balaban J connectivity index is 0. The molecule has 0 fully saturated rings. The van der Waals surface area contributed by atoms with E-state index in [1.165, 1.54) is 0 Å². The van der Waals surface area contributed by atoms with Crippen LogP contribution in [0.3, 0.4) is 0 Å². The molecular weight excluding hydrogens is 169 g/mol. The standard InChI is InChI=1S/C12H27N.BH3/c1-10(2,3)13(11(4,5)6)12(7,8)9;/h1-9H3;1H3. The van der Waals surface area contributed by atoms with E-state index in [0.717, 1.165) is 0 Å². The summed E-state index contributed by atoms with van der Waals surface area (Å²) in [5, 5.41) is 0. The van der Waals surface area contributed by atoms with Crippen LogP contribution in [-0.2, 0) is 0 Å². The quantitative estimate of drug-likeness (QED) is 0.542. The van der Waals surface area contributed by atoms with Gasteiger partial charge in [-0.1, -0.05) is 0 Å². The second kappa shape index (κ2) is 4.26. The van der Waals surface area contributed by atoms with Gasteiger partial charge in [0.05, 0.1) is 8.41 Å². The molecule has 0 unspecified atom stereocenters. The van der Waals surface area contributed by atoms with Crippen molar-refractivity contribution in [3.05, 3.63) is 0 Å². The average molecular weight is 199 g/mol. The topological polar surface area (TPSA) is 3.24 Å². The van der Waals surface area contributed by atoms with Crippen LogP contribution < -0.4 is 0 Å². The summed E-state index contributed by atoms with van der Waals surface area (Å²) in [6, 6.07) is 0. The summed E-state index contributed by atoms with van der Waals surface area (Å²) in [6.45, 7) is 20.5. The molecule has 0 aliphatic rings. The Kier molecular flexibility index (Phi) is 5.01. The van der Waals surface area contributed by atoms with Crippen LogP contribution >= 0.6 is 0 Å². The van der Waals surface area contributed by atoms with E-state index < -0.39 is 0 Å². The Labute approximate surface area is 92.8 Å². The predicted molar refractivity (Wildman–Crippen MR) is 71.0 cm³/mol. The van der Waals surface area contributed by atoms with Crippen LogP contribution in [0.4, 0.5) is 0 Å². The molecule has 0 radical (unpaired) electrons. The fourth-order valence-corrected chi connectivity index (χ4v) is 3.02. The third kappa shape index (κ3) is 4.50. The van der Waals surface area contributed by atoms with Gasteiger partial charge in [-0.3, -0.25) is 4.90 Å². The van der Waals surface area contributed by atoms with Crippen molar-refractivity contribution in [3.63, 3.8) is 0 Å². The maximum Gasteiger partial charge on any atom is 0.0814 e. The summed E-state index contributed by atoms with van der Waals surface area (Å²) < 4.78 is 0. The van der Waals surface area contributed by atoms with Crippen LogP contribution in [0.1, 0.15) is 62.3 Å². The first-order valence-electron chi connectivity index (χ1n) is 5.17. The zero-order chi connectivity index (χ0) is 11.1. The van der Waals surface area contributed by atoms with Crippen molar-refractivity contribution in [2.75, 3.05) is 0 Å². The molecule has 0 spiro atoms. The van der Waals surface area contributed by atoms with Gasteiger partial charge in [0.15, 0.2) is 0 Å². The molecule has 2 heteroatoms. The van der Waals surface area contributed by atoms with Crippen molar-refractivity contribution in [3.8, 4) is 0 Å². The van der Waals surface area contributed by atoms with Crippen molar-refractivity contribution >= 4 is 8.41 Å². The van der Waals surface area contributed by atoms with Gasteiger partial charge in [0.25, 0.3) is 0 Å². The van der Waals surface area contributed by atoms with Crippen LogP contribution in [-0.4, -0.2) is 29.9 Å². The normalized spacial score (nSPS) is 14.1. The molecule has 0 aromatic carbocycles. The number of nitrogens with zero attached hydrogens (tertiary/aromatic N) is 1. The summed E-state index contributed by atoms with van der Waals surface area (Å²) in [5.41, 5.74) is 0.656. The molecule has 1 nitrogen and oxygen atoms in total. The highest BCUT2D eigenvalue weighted by molar-refractivity contribution is 5.75. The third-order valence-electron chi connectivity index (χ3n) is 2.01. The number of hydrogen-bond acceptors (Lipinski definition) is 1. The molecule has 0 aromatic heterocycles. The van der Waals surface area contributed by atoms with Crippen molar-refractivity contribution in [1.29, 1.82) is 0 Å². The first kappa shape index (κ1) is 16.5. The number of rotatable bonds is 0. The molecule has 0 aliphatic carbocycles. The molecule has 0 aliphatic heterocycles. The Hall–Kier alpha value is 0.0249. The highest BCUT2D eigenvalue weighted by Crippen LogP contribution is 2.32. The van der Waals surface area contributed by atoms with Crippen LogP contribution in [0, 0.1) is 0 Å². The zero-order valence-electron chi connectivity index (χ0n) is 10.9. The molecule has 0 aromatic rings. The molecule has 0 heterocycles. The smallest absolute Gasteiger partial charge is 0.0814 e. The number of hydrogen-bond donors (Lipinski definition) is 0. The molecule has 0 bridgehead atoms. The van der Waals surface area contributed by atoms with Crippen molar-refractivity contribution < 1.29 is 0 Å². The summed E-state index contributed by atoms with van der Waals surface area (Å²) in [5.74, 6) is 0. The van der Waals surface area contributed by atoms with Crippen LogP contribution in [0.15, 0.2) is 0 Å². The summed E-state index contributed by atoms with van der Waals surface area (Å²) in [6.07, 6.45) is 0. The van der Waals surface area contributed by atoms with E-state index in [1.54, 1.807) is 0 Å². The van der Waals surface area contributed by atoms with E-state index in [9.17, 15) is 0 Å². The molecule has 14 heavy (non-hydrogen) atoms.